The molecule has 1 atom stereocenters. The second kappa shape index (κ2) is 8.69. The van der Waals surface area contributed by atoms with Crippen molar-refractivity contribution >= 4 is 23.4 Å². The Bertz CT molecular complexity index is 80.5. The fraction of sp³-hybridized carbons (Fsp3) is 1.00. The van der Waals surface area contributed by atoms with Gasteiger partial charge in [0.25, 0.3) is 0 Å². The number of nitrogens with one attached hydrogen (secondary N) is 1. The molecule has 1 nitrogen and oxygen atoms in total. The molecule has 0 saturated heterocycles. The minimum Gasteiger partial charge on any atom is -0.314 e. The van der Waals surface area contributed by atoms with Crippen LogP contribution in [0.25, 0.3) is 0 Å². The lowest BCUT2D eigenvalue weighted by molar-refractivity contribution is 0.536. The maximum Gasteiger partial charge on any atom is 0.0238 e. The van der Waals surface area contributed by atoms with E-state index in [1.165, 1.54) is 12.2 Å². The fourth-order valence-electron chi connectivity index (χ4n) is 0.831. The molecule has 0 aromatic rings. The molecule has 0 aromatic carbocycles. The zero-order valence-electron chi connectivity index (χ0n) is 7.40. The third-order valence-corrected chi connectivity index (χ3v) is 2.48. The van der Waals surface area contributed by atoms with Crippen molar-refractivity contribution in [2.24, 2.45) is 0 Å². The summed E-state index contributed by atoms with van der Waals surface area (Å²) in [6.07, 6.45) is 4.47. The average molecular weight is 196 g/mol. The van der Waals surface area contributed by atoms with E-state index in [9.17, 15) is 0 Å². The molecule has 0 bridgehead atoms. The van der Waals surface area contributed by atoms with Gasteiger partial charge >= 0.3 is 0 Å². The van der Waals surface area contributed by atoms with Crippen LogP contribution >= 0.6 is 23.4 Å². The minimum atomic E-state index is 0.578. The molecule has 0 aliphatic heterocycles. The standard InChI is InChI=1S/C8H18ClNS/c1-8(4-5-9)10-6-3-7-11-2/h8,10H,3-7H2,1-2H3. The van der Waals surface area contributed by atoms with Gasteiger partial charge in [0.05, 0.1) is 0 Å². The van der Waals surface area contributed by atoms with Crippen LogP contribution in [0, 0.1) is 0 Å². The molecule has 1 N–H and O–H groups in total. The first-order chi connectivity index (χ1) is 5.31. The first kappa shape index (κ1) is 11.6. The van der Waals surface area contributed by atoms with Gasteiger partial charge in [-0.1, -0.05) is 0 Å². The summed E-state index contributed by atoms with van der Waals surface area (Å²) in [5, 5.41) is 3.42. The lowest BCUT2D eigenvalue weighted by Gasteiger charge is -2.10. The smallest absolute Gasteiger partial charge is 0.0238 e. The number of alkyl halides is 1. The molecule has 0 radical (unpaired) electrons. The Balaban J connectivity index is 2.97. The Morgan fingerprint density at radius 1 is 1.55 bits per heavy atom. The number of hydrogen-bond acceptors (Lipinski definition) is 2. The highest BCUT2D eigenvalue weighted by molar-refractivity contribution is 7.98. The van der Waals surface area contributed by atoms with Crippen LogP contribution in [0.3, 0.4) is 0 Å². The molecule has 0 amide bonds. The van der Waals surface area contributed by atoms with Gasteiger partial charge in [-0.15, -0.1) is 11.6 Å². The van der Waals surface area contributed by atoms with Crippen molar-refractivity contribution in [2.45, 2.75) is 25.8 Å². The average Bonchev–Trinajstić information content (AvgIpc) is 1.99. The van der Waals surface area contributed by atoms with Gasteiger partial charge in [0.2, 0.25) is 0 Å². The molecular weight excluding hydrogens is 178 g/mol. The van der Waals surface area contributed by atoms with E-state index < -0.39 is 0 Å². The Hall–Kier alpha value is 0.600. The molecule has 0 rings (SSSR count). The number of thioether (sulfide) groups is 1. The molecule has 3 heteroatoms. The molecule has 0 heterocycles. The molecule has 1 unspecified atom stereocenters. The quantitative estimate of drug-likeness (QED) is 0.495. The topological polar surface area (TPSA) is 12.0 Å². The molecule has 0 spiro atoms. The van der Waals surface area contributed by atoms with Gasteiger partial charge in [-0.3, -0.25) is 0 Å². The van der Waals surface area contributed by atoms with Crippen LogP contribution in [-0.4, -0.2) is 30.5 Å². The second-order valence-electron chi connectivity index (χ2n) is 2.68. The van der Waals surface area contributed by atoms with E-state index >= 15 is 0 Å². The summed E-state index contributed by atoms with van der Waals surface area (Å²) < 4.78 is 0. The summed E-state index contributed by atoms with van der Waals surface area (Å²) in [6.45, 7) is 3.31. The lowest BCUT2D eigenvalue weighted by Crippen LogP contribution is -2.27. The molecule has 0 saturated carbocycles. The van der Waals surface area contributed by atoms with Crippen molar-refractivity contribution < 1.29 is 0 Å². The minimum absolute atomic E-state index is 0.578. The highest BCUT2D eigenvalue weighted by Gasteiger charge is 1.97. The lowest BCUT2D eigenvalue weighted by atomic mass is 10.2. The summed E-state index contributed by atoms with van der Waals surface area (Å²) in [5.74, 6) is 2.01. The summed E-state index contributed by atoms with van der Waals surface area (Å²) in [4.78, 5) is 0. The molecule has 0 aliphatic rings. The van der Waals surface area contributed by atoms with Gasteiger partial charge in [0.15, 0.2) is 0 Å². The Morgan fingerprint density at radius 3 is 2.82 bits per heavy atom. The van der Waals surface area contributed by atoms with Crippen LogP contribution < -0.4 is 5.32 Å². The van der Waals surface area contributed by atoms with Gasteiger partial charge in [-0.2, -0.15) is 11.8 Å². The van der Waals surface area contributed by atoms with E-state index in [0.29, 0.717) is 6.04 Å². The molecule has 0 aliphatic carbocycles. The van der Waals surface area contributed by atoms with Crippen molar-refractivity contribution in [3.63, 3.8) is 0 Å². The normalized spacial score (nSPS) is 13.4. The summed E-state index contributed by atoms with van der Waals surface area (Å²) in [5.41, 5.74) is 0. The van der Waals surface area contributed by atoms with Crippen LogP contribution in [0.2, 0.25) is 0 Å². The first-order valence-corrected chi connectivity index (χ1v) is 6.02. The summed E-state index contributed by atoms with van der Waals surface area (Å²) in [6, 6.07) is 0.578. The summed E-state index contributed by atoms with van der Waals surface area (Å²) in [7, 11) is 0. The van der Waals surface area contributed by atoms with Crippen molar-refractivity contribution in [3.8, 4) is 0 Å². The van der Waals surface area contributed by atoms with Crippen LogP contribution in [-0.2, 0) is 0 Å². The SMILES string of the molecule is CSCCCNC(C)CCCl. The molecular formula is C8H18ClNS. The van der Waals surface area contributed by atoms with Gasteiger partial charge in [0.1, 0.15) is 0 Å². The number of rotatable bonds is 7. The first-order valence-electron chi connectivity index (χ1n) is 4.09. The van der Waals surface area contributed by atoms with Crippen LogP contribution in [0.4, 0.5) is 0 Å². The van der Waals surface area contributed by atoms with E-state index in [4.69, 9.17) is 11.6 Å². The third-order valence-electron chi connectivity index (χ3n) is 1.56. The van der Waals surface area contributed by atoms with Gasteiger partial charge < -0.3 is 5.32 Å². The van der Waals surface area contributed by atoms with Crippen LogP contribution in [0.5, 0.6) is 0 Å². The highest BCUT2D eigenvalue weighted by atomic mass is 35.5. The maximum atomic E-state index is 5.59. The van der Waals surface area contributed by atoms with Crippen LogP contribution in [0.15, 0.2) is 0 Å². The Kier molecular flexibility index (Phi) is 9.17. The van der Waals surface area contributed by atoms with E-state index in [2.05, 4.69) is 18.5 Å². The molecule has 11 heavy (non-hydrogen) atoms. The van der Waals surface area contributed by atoms with Crippen LogP contribution in [0.1, 0.15) is 19.8 Å². The second-order valence-corrected chi connectivity index (χ2v) is 4.04. The zero-order chi connectivity index (χ0) is 8.53. The van der Waals surface area contributed by atoms with Crippen molar-refractivity contribution in [2.75, 3.05) is 24.4 Å². The van der Waals surface area contributed by atoms with E-state index in [1.54, 1.807) is 0 Å². The third kappa shape index (κ3) is 8.51. The van der Waals surface area contributed by atoms with Crippen molar-refractivity contribution in [3.05, 3.63) is 0 Å². The largest absolute Gasteiger partial charge is 0.314 e. The molecule has 68 valence electrons. The predicted molar refractivity (Wildman–Crippen MR) is 55.8 cm³/mol. The highest BCUT2D eigenvalue weighted by Crippen LogP contribution is 1.96. The Labute approximate surface area is 79.3 Å². The summed E-state index contributed by atoms with van der Waals surface area (Å²) >= 11 is 7.49. The van der Waals surface area contributed by atoms with E-state index in [-0.39, 0.29) is 0 Å². The van der Waals surface area contributed by atoms with Crippen molar-refractivity contribution in [1.82, 2.24) is 5.32 Å². The van der Waals surface area contributed by atoms with Gasteiger partial charge in [-0.05, 0) is 38.3 Å². The van der Waals surface area contributed by atoms with Crippen molar-refractivity contribution in [1.29, 1.82) is 0 Å². The molecule has 0 aromatic heterocycles. The van der Waals surface area contributed by atoms with E-state index in [0.717, 1.165) is 18.8 Å². The zero-order valence-corrected chi connectivity index (χ0v) is 8.97. The van der Waals surface area contributed by atoms with E-state index in [1.807, 2.05) is 11.8 Å². The number of halogens is 1. The monoisotopic (exact) mass is 195 g/mol. The molecule has 0 fully saturated rings. The Morgan fingerprint density at radius 2 is 2.27 bits per heavy atom. The predicted octanol–water partition coefficient (Wildman–Crippen LogP) is 2.35. The van der Waals surface area contributed by atoms with Gasteiger partial charge in [0, 0.05) is 11.9 Å². The van der Waals surface area contributed by atoms with Gasteiger partial charge in [-0.25, -0.2) is 0 Å². The maximum absolute atomic E-state index is 5.59. The number of hydrogen-bond donors (Lipinski definition) is 1. The fourth-order valence-corrected chi connectivity index (χ4v) is 1.59.